The number of aromatic nitrogens is 1. The SMILES string of the molecule is Cc1[nH]c(C(=O)N2CCN([C@@H]3CN4CCC3CC4)CC2)c(C)c1C(=O)O. The van der Waals surface area contributed by atoms with E-state index in [1.54, 1.807) is 13.8 Å². The van der Waals surface area contributed by atoms with E-state index in [0.29, 0.717) is 36.1 Å². The lowest BCUT2D eigenvalue weighted by Crippen LogP contribution is -2.61. The van der Waals surface area contributed by atoms with Gasteiger partial charge in [0.1, 0.15) is 5.69 Å². The van der Waals surface area contributed by atoms with E-state index in [4.69, 9.17) is 0 Å². The second-order valence-electron chi connectivity index (χ2n) is 7.96. The first kappa shape index (κ1) is 17.5. The van der Waals surface area contributed by atoms with Crippen molar-refractivity contribution in [1.82, 2.24) is 19.7 Å². The van der Waals surface area contributed by atoms with Crippen LogP contribution in [0.25, 0.3) is 0 Å². The van der Waals surface area contributed by atoms with Crippen LogP contribution in [0.5, 0.6) is 0 Å². The molecule has 26 heavy (non-hydrogen) atoms. The molecule has 7 nitrogen and oxygen atoms in total. The number of nitrogens with zero attached hydrogens (tertiary/aromatic N) is 3. The van der Waals surface area contributed by atoms with Crippen molar-refractivity contribution in [3.8, 4) is 0 Å². The quantitative estimate of drug-likeness (QED) is 0.846. The monoisotopic (exact) mass is 360 g/mol. The number of H-pyrrole nitrogens is 1. The number of piperidine rings is 3. The zero-order valence-electron chi connectivity index (χ0n) is 15.6. The number of amides is 1. The lowest BCUT2D eigenvalue weighted by molar-refractivity contribution is -0.0131. The number of carboxylic acid groups (broad SMARTS) is 1. The highest BCUT2D eigenvalue weighted by molar-refractivity contribution is 6.00. The Kier molecular flexibility index (Phi) is 4.52. The van der Waals surface area contributed by atoms with Crippen molar-refractivity contribution < 1.29 is 14.7 Å². The molecule has 0 saturated carbocycles. The molecule has 2 N–H and O–H groups in total. The number of aromatic carboxylic acids is 1. The Balaban J connectivity index is 1.41. The van der Waals surface area contributed by atoms with Gasteiger partial charge in [0.25, 0.3) is 5.91 Å². The summed E-state index contributed by atoms with van der Waals surface area (Å²) in [6, 6.07) is 0.642. The highest BCUT2D eigenvalue weighted by Crippen LogP contribution is 2.31. The molecule has 0 radical (unpaired) electrons. The molecule has 1 amide bonds. The lowest BCUT2D eigenvalue weighted by Gasteiger charge is -2.51. The highest BCUT2D eigenvalue weighted by Gasteiger charge is 2.39. The molecule has 0 aromatic carbocycles. The Morgan fingerprint density at radius 3 is 2.19 bits per heavy atom. The Hall–Kier alpha value is -1.86. The van der Waals surface area contributed by atoms with Gasteiger partial charge in [-0.25, -0.2) is 4.79 Å². The van der Waals surface area contributed by atoms with Crippen molar-refractivity contribution in [2.45, 2.75) is 32.7 Å². The second kappa shape index (κ2) is 6.70. The number of carboxylic acids is 1. The van der Waals surface area contributed by atoms with Gasteiger partial charge in [0.05, 0.1) is 5.56 Å². The molecule has 4 aliphatic heterocycles. The van der Waals surface area contributed by atoms with Crippen LogP contribution in [-0.4, -0.2) is 88.5 Å². The predicted octanol–water partition coefficient (Wildman–Crippen LogP) is 1.18. The maximum atomic E-state index is 12.9. The van der Waals surface area contributed by atoms with Crippen molar-refractivity contribution in [2.24, 2.45) is 5.92 Å². The molecule has 1 aromatic rings. The van der Waals surface area contributed by atoms with Crippen LogP contribution in [0.1, 0.15) is 44.9 Å². The van der Waals surface area contributed by atoms with Crippen LogP contribution in [0.2, 0.25) is 0 Å². The fourth-order valence-corrected chi connectivity index (χ4v) is 5.05. The molecule has 0 spiro atoms. The molecule has 4 aliphatic rings. The number of hydrogen-bond donors (Lipinski definition) is 2. The minimum Gasteiger partial charge on any atom is -0.478 e. The van der Waals surface area contributed by atoms with Gasteiger partial charge >= 0.3 is 5.97 Å². The number of aromatic amines is 1. The molecule has 5 rings (SSSR count). The molecule has 0 aliphatic carbocycles. The summed E-state index contributed by atoms with van der Waals surface area (Å²) >= 11 is 0. The molecule has 4 saturated heterocycles. The zero-order valence-corrected chi connectivity index (χ0v) is 15.6. The number of piperazine rings is 1. The fourth-order valence-electron chi connectivity index (χ4n) is 5.05. The van der Waals surface area contributed by atoms with Gasteiger partial charge in [0, 0.05) is 44.5 Å². The predicted molar refractivity (Wildman–Crippen MR) is 97.7 cm³/mol. The minimum absolute atomic E-state index is 0.0772. The summed E-state index contributed by atoms with van der Waals surface area (Å²) in [5, 5.41) is 9.33. The fraction of sp³-hybridized carbons (Fsp3) is 0.684. The summed E-state index contributed by atoms with van der Waals surface area (Å²) in [5.41, 5.74) is 1.74. The standard InChI is InChI=1S/C19H28N4O3/c1-12-16(19(25)26)13(2)20-17(12)18(24)23-9-7-22(8-10-23)15-11-21-5-3-14(15)4-6-21/h14-15,20H,3-11H2,1-2H3,(H,25,26)/t15-/m1/s1. The average molecular weight is 360 g/mol. The van der Waals surface area contributed by atoms with E-state index >= 15 is 0 Å². The summed E-state index contributed by atoms with van der Waals surface area (Å²) in [6.07, 6.45) is 2.62. The molecule has 1 atom stereocenters. The maximum Gasteiger partial charge on any atom is 0.337 e. The first-order chi connectivity index (χ1) is 12.5. The number of carbonyl (C=O) groups is 2. The molecule has 2 bridgehead atoms. The Morgan fingerprint density at radius 1 is 1.04 bits per heavy atom. The Bertz CT molecular complexity index is 713. The van der Waals surface area contributed by atoms with Crippen LogP contribution >= 0.6 is 0 Å². The average Bonchev–Trinajstić information content (AvgIpc) is 2.96. The van der Waals surface area contributed by atoms with Gasteiger partial charge in [-0.1, -0.05) is 0 Å². The van der Waals surface area contributed by atoms with Crippen LogP contribution in [0.15, 0.2) is 0 Å². The van der Waals surface area contributed by atoms with Gasteiger partial charge in [-0.05, 0) is 51.3 Å². The van der Waals surface area contributed by atoms with Gasteiger partial charge in [-0.15, -0.1) is 0 Å². The van der Waals surface area contributed by atoms with Gasteiger partial charge in [0.2, 0.25) is 0 Å². The second-order valence-corrected chi connectivity index (χ2v) is 7.96. The van der Waals surface area contributed by atoms with Crippen molar-refractivity contribution in [3.63, 3.8) is 0 Å². The summed E-state index contributed by atoms with van der Waals surface area (Å²) < 4.78 is 0. The van der Waals surface area contributed by atoms with E-state index in [0.717, 1.165) is 19.0 Å². The van der Waals surface area contributed by atoms with Crippen LogP contribution < -0.4 is 0 Å². The molecule has 0 unspecified atom stereocenters. The summed E-state index contributed by atoms with van der Waals surface area (Å²) in [6.45, 7) is 10.3. The third-order valence-corrected chi connectivity index (χ3v) is 6.56. The number of aryl methyl sites for hydroxylation is 1. The molecule has 142 valence electrons. The summed E-state index contributed by atoms with van der Waals surface area (Å²) in [5.74, 6) is -0.247. The van der Waals surface area contributed by atoms with Gasteiger partial charge in [-0.2, -0.15) is 0 Å². The van der Waals surface area contributed by atoms with E-state index in [1.807, 2.05) is 4.90 Å². The molecule has 1 aromatic heterocycles. The number of fused-ring (bicyclic) bond motifs is 3. The van der Waals surface area contributed by atoms with Crippen LogP contribution in [-0.2, 0) is 0 Å². The van der Waals surface area contributed by atoms with E-state index in [1.165, 1.54) is 32.5 Å². The Morgan fingerprint density at radius 2 is 1.69 bits per heavy atom. The number of carbonyl (C=O) groups excluding carboxylic acids is 1. The number of hydrogen-bond acceptors (Lipinski definition) is 4. The van der Waals surface area contributed by atoms with Crippen LogP contribution in [0.3, 0.4) is 0 Å². The molecular formula is C19H28N4O3. The van der Waals surface area contributed by atoms with E-state index < -0.39 is 5.97 Å². The van der Waals surface area contributed by atoms with E-state index in [-0.39, 0.29) is 11.5 Å². The maximum absolute atomic E-state index is 12.9. The number of nitrogens with one attached hydrogen (secondary N) is 1. The van der Waals surface area contributed by atoms with Gasteiger partial charge in [0.15, 0.2) is 0 Å². The topological polar surface area (TPSA) is 79.9 Å². The molecule has 4 fully saturated rings. The van der Waals surface area contributed by atoms with E-state index in [2.05, 4.69) is 14.8 Å². The molecule has 5 heterocycles. The zero-order chi connectivity index (χ0) is 18.4. The van der Waals surface area contributed by atoms with Crippen LogP contribution in [0, 0.1) is 19.8 Å². The normalized spacial score (nSPS) is 29.2. The van der Waals surface area contributed by atoms with Crippen molar-refractivity contribution in [2.75, 3.05) is 45.8 Å². The minimum atomic E-state index is -0.984. The van der Waals surface area contributed by atoms with E-state index in [9.17, 15) is 14.7 Å². The molecule has 7 heteroatoms. The first-order valence-electron chi connectivity index (χ1n) is 9.64. The van der Waals surface area contributed by atoms with Crippen molar-refractivity contribution in [1.29, 1.82) is 0 Å². The smallest absolute Gasteiger partial charge is 0.337 e. The highest BCUT2D eigenvalue weighted by atomic mass is 16.4. The Labute approximate surface area is 153 Å². The third kappa shape index (κ3) is 2.93. The largest absolute Gasteiger partial charge is 0.478 e. The third-order valence-electron chi connectivity index (χ3n) is 6.56. The lowest BCUT2D eigenvalue weighted by atomic mass is 9.83. The van der Waals surface area contributed by atoms with Gasteiger partial charge < -0.3 is 19.9 Å². The van der Waals surface area contributed by atoms with Crippen molar-refractivity contribution >= 4 is 11.9 Å². The van der Waals surface area contributed by atoms with Crippen molar-refractivity contribution in [3.05, 3.63) is 22.5 Å². The van der Waals surface area contributed by atoms with Crippen LogP contribution in [0.4, 0.5) is 0 Å². The van der Waals surface area contributed by atoms with Gasteiger partial charge in [-0.3, -0.25) is 9.69 Å². The first-order valence-corrected chi connectivity index (χ1v) is 9.64. The summed E-state index contributed by atoms with van der Waals surface area (Å²) in [4.78, 5) is 34.3. The molecular weight excluding hydrogens is 332 g/mol. The number of rotatable bonds is 3. The summed E-state index contributed by atoms with van der Waals surface area (Å²) in [7, 11) is 0.